The van der Waals surface area contributed by atoms with Crippen molar-refractivity contribution < 1.29 is 14.2 Å². The Labute approximate surface area is 160 Å². The van der Waals surface area contributed by atoms with Crippen molar-refractivity contribution in [3.8, 4) is 11.5 Å². The predicted molar refractivity (Wildman–Crippen MR) is 104 cm³/mol. The van der Waals surface area contributed by atoms with Gasteiger partial charge >= 0.3 is 0 Å². The van der Waals surface area contributed by atoms with E-state index in [1.54, 1.807) is 0 Å². The summed E-state index contributed by atoms with van der Waals surface area (Å²) in [5.41, 5.74) is 2.24. The normalized spacial score (nSPS) is 16.6. The maximum Gasteiger partial charge on any atom is 0.161 e. The number of nitrogens with one attached hydrogen (secondary N) is 1. The van der Waals surface area contributed by atoms with Gasteiger partial charge in [-0.1, -0.05) is 29.8 Å². The predicted octanol–water partition coefficient (Wildman–Crippen LogP) is 4.59. The largest absolute Gasteiger partial charge is 0.490 e. The van der Waals surface area contributed by atoms with Crippen LogP contribution in [0.2, 0.25) is 5.02 Å². The number of halogens is 1. The standard InChI is InChI=1S/C21H26ClNO3/c1-2-24-21-12-17(13-23-14-19-4-3-11-25-19)7-10-20(21)26-15-16-5-8-18(22)9-6-16/h5-10,12,19,23H,2-4,11,13-15H2,1H3. The van der Waals surface area contributed by atoms with Crippen molar-refractivity contribution in [1.29, 1.82) is 0 Å². The summed E-state index contributed by atoms with van der Waals surface area (Å²) in [7, 11) is 0. The SMILES string of the molecule is CCOc1cc(CNCC2CCCO2)ccc1OCc1ccc(Cl)cc1. The van der Waals surface area contributed by atoms with E-state index in [9.17, 15) is 0 Å². The lowest BCUT2D eigenvalue weighted by molar-refractivity contribution is 0.110. The van der Waals surface area contributed by atoms with Crippen LogP contribution in [0.1, 0.15) is 30.9 Å². The first-order chi connectivity index (χ1) is 12.7. The molecule has 5 heteroatoms. The van der Waals surface area contributed by atoms with Crippen LogP contribution in [0.25, 0.3) is 0 Å². The Kier molecular flexibility index (Phi) is 7.18. The smallest absolute Gasteiger partial charge is 0.161 e. The van der Waals surface area contributed by atoms with E-state index in [1.165, 1.54) is 12.0 Å². The van der Waals surface area contributed by atoms with Crippen LogP contribution in [0.3, 0.4) is 0 Å². The molecule has 4 nitrogen and oxygen atoms in total. The van der Waals surface area contributed by atoms with Gasteiger partial charge in [-0.3, -0.25) is 0 Å². The molecule has 1 aliphatic heterocycles. The molecule has 140 valence electrons. The zero-order valence-electron chi connectivity index (χ0n) is 15.2. The molecule has 0 aromatic heterocycles. The Bertz CT molecular complexity index is 684. The monoisotopic (exact) mass is 375 g/mol. The summed E-state index contributed by atoms with van der Waals surface area (Å²) in [4.78, 5) is 0. The molecule has 1 fully saturated rings. The fraction of sp³-hybridized carbons (Fsp3) is 0.429. The minimum Gasteiger partial charge on any atom is -0.490 e. The van der Waals surface area contributed by atoms with E-state index in [-0.39, 0.29) is 0 Å². The van der Waals surface area contributed by atoms with Crippen LogP contribution in [0, 0.1) is 0 Å². The molecule has 1 N–H and O–H groups in total. The third kappa shape index (κ3) is 5.63. The molecule has 0 amide bonds. The van der Waals surface area contributed by atoms with Gasteiger partial charge in [-0.15, -0.1) is 0 Å². The zero-order chi connectivity index (χ0) is 18.2. The highest BCUT2D eigenvalue weighted by molar-refractivity contribution is 6.30. The van der Waals surface area contributed by atoms with Gasteiger partial charge in [0.2, 0.25) is 0 Å². The Morgan fingerprint density at radius 1 is 1.08 bits per heavy atom. The second kappa shape index (κ2) is 9.81. The molecule has 3 rings (SSSR count). The van der Waals surface area contributed by atoms with Gasteiger partial charge in [0.15, 0.2) is 11.5 Å². The van der Waals surface area contributed by atoms with Crippen LogP contribution in [0.5, 0.6) is 11.5 Å². The van der Waals surface area contributed by atoms with Gasteiger partial charge in [-0.25, -0.2) is 0 Å². The minimum atomic E-state index is 0.350. The highest BCUT2D eigenvalue weighted by Gasteiger charge is 2.14. The molecule has 1 unspecified atom stereocenters. The Balaban J connectivity index is 1.57. The topological polar surface area (TPSA) is 39.7 Å². The average molecular weight is 376 g/mol. The molecule has 1 saturated heterocycles. The van der Waals surface area contributed by atoms with E-state index < -0.39 is 0 Å². The van der Waals surface area contributed by atoms with Crippen LogP contribution in [-0.2, 0) is 17.9 Å². The fourth-order valence-corrected chi connectivity index (χ4v) is 3.10. The second-order valence-electron chi connectivity index (χ2n) is 6.40. The third-order valence-electron chi connectivity index (χ3n) is 4.34. The molecule has 2 aromatic rings. The number of hydrogen-bond acceptors (Lipinski definition) is 4. The number of hydrogen-bond donors (Lipinski definition) is 1. The van der Waals surface area contributed by atoms with E-state index in [0.717, 1.165) is 48.2 Å². The van der Waals surface area contributed by atoms with Crippen molar-refractivity contribution >= 4 is 11.6 Å². The molecule has 0 radical (unpaired) electrons. The molecule has 0 aliphatic carbocycles. The first kappa shape index (κ1) is 19.0. The Morgan fingerprint density at radius 2 is 1.88 bits per heavy atom. The van der Waals surface area contributed by atoms with Crippen LogP contribution in [0.4, 0.5) is 0 Å². The molecule has 0 spiro atoms. The Hall–Kier alpha value is -1.75. The van der Waals surface area contributed by atoms with Crippen LogP contribution >= 0.6 is 11.6 Å². The maximum absolute atomic E-state index is 5.95. The molecule has 1 aliphatic rings. The minimum absolute atomic E-state index is 0.350. The number of rotatable bonds is 9. The van der Waals surface area contributed by atoms with Crippen molar-refractivity contribution in [2.24, 2.45) is 0 Å². The van der Waals surface area contributed by atoms with E-state index in [1.807, 2.05) is 43.3 Å². The average Bonchev–Trinajstić information content (AvgIpc) is 3.16. The molecule has 26 heavy (non-hydrogen) atoms. The highest BCUT2D eigenvalue weighted by atomic mass is 35.5. The maximum atomic E-state index is 5.95. The Morgan fingerprint density at radius 3 is 2.62 bits per heavy atom. The highest BCUT2D eigenvalue weighted by Crippen LogP contribution is 2.29. The van der Waals surface area contributed by atoms with Crippen molar-refractivity contribution in [2.45, 2.75) is 39.0 Å². The lowest BCUT2D eigenvalue weighted by Crippen LogP contribution is -2.25. The van der Waals surface area contributed by atoms with E-state index >= 15 is 0 Å². The van der Waals surface area contributed by atoms with Crippen molar-refractivity contribution in [3.63, 3.8) is 0 Å². The molecule has 1 atom stereocenters. The first-order valence-electron chi connectivity index (χ1n) is 9.20. The van der Waals surface area contributed by atoms with Gasteiger partial charge in [0.25, 0.3) is 0 Å². The van der Waals surface area contributed by atoms with Crippen molar-refractivity contribution in [1.82, 2.24) is 5.32 Å². The van der Waals surface area contributed by atoms with Crippen LogP contribution in [-0.4, -0.2) is 25.9 Å². The lowest BCUT2D eigenvalue weighted by atomic mass is 10.2. The third-order valence-corrected chi connectivity index (χ3v) is 4.59. The lowest BCUT2D eigenvalue weighted by Gasteiger charge is -2.15. The molecule has 0 bridgehead atoms. The van der Waals surface area contributed by atoms with Crippen LogP contribution < -0.4 is 14.8 Å². The molecule has 2 aromatic carbocycles. The summed E-state index contributed by atoms with van der Waals surface area (Å²) >= 11 is 5.92. The second-order valence-corrected chi connectivity index (χ2v) is 6.83. The summed E-state index contributed by atoms with van der Waals surface area (Å²) in [5, 5.41) is 4.19. The van der Waals surface area contributed by atoms with E-state index in [0.29, 0.717) is 19.3 Å². The summed E-state index contributed by atoms with van der Waals surface area (Å²) in [6, 6.07) is 13.8. The summed E-state index contributed by atoms with van der Waals surface area (Å²) in [5.74, 6) is 1.53. The molecular weight excluding hydrogens is 350 g/mol. The number of ether oxygens (including phenoxy) is 3. The molecule has 1 heterocycles. The van der Waals surface area contributed by atoms with Gasteiger partial charge in [0.1, 0.15) is 6.61 Å². The zero-order valence-corrected chi connectivity index (χ0v) is 15.9. The van der Waals surface area contributed by atoms with Crippen LogP contribution in [0.15, 0.2) is 42.5 Å². The number of benzene rings is 2. The molecule has 0 saturated carbocycles. The van der Waals surface area contributed by atoms with E-state index in [4.69, 9.17) is 25.8 Å². The van der Waals surface area contributed by atoms with Gasteiger partial charge in [0, 0.05) is 24.7 Å². The summed E-state index contributed by atoms with van der Waals surface area (Å²) in [6.45, 7) is 5.62. The van der Waals surface area contributed by atoms with Gasteiger partial charge in [-0.2, -0.15) is 0 Å². The first-order valence-corrected chi connectivity index (χ1v) is 9.57. The fourth-order valence-electron chi connectivity index (χ4n) is 2.97. The van der Waals surface area contributed by atoms with Gasteiger partial charge < -0.3 is 19.5 Å². The summed E-state index contributed by atoms with van der Waals surface area (Å²) < 4.78 is 17.4. The van der Waals surface area contributed by atoms with Gasteiger partial charge in [0.05, 0.1) is 12.7 Å². The van der Waals surface area contributed by atoms with Crippen molar-refractivity contribution in [3.05, 3.63) is 58.6 Å². The van der Waals surface area contributed by atoms with Crippen molar-refractivity contribution in [2.75, 3.05) is 19.8 Å². The van der Waals surface area contributed by atoms with Gasteiger partial charge in [-0.05, 0) is 55.2 Å². The summed E-state index contributed by atoms with van der Waals surface area (Å²) in [6.07, 6.45) is 2.66. The van der Waals surface area contributed by atoms with E-state index in [2.05, 4.69) is 11.4 Å². The molecular formula is C21H26ClNO3. The quantitative estimate of drug-likeness (QED) is 0.696.